The Kier molecular flexibility index (Phi) is 5.05. The quantitative estimate of drug-likeness (QED) is 0.683. The molecule has 0 N–H and O–H groups in total. The lowest BCUT2D eigenvalue weighted by atomic mass is 10.2. The molecule has 0 saturated heterocycles. The molecule has 1 atom stereocenters. The standard InChI is InChI=1S/C22H26N4O2/c1-4-25-15-18(28-20-8-6-5-7-19(20)25)14-24(3)13-17-12-22(27)26-10-9-16(2)11-21(26)23-17/h5-12,18H,4,13-15H2,1-3H3. The van der Waals surface area contributed by atoms with Crippen LogP contribution in [0.2, 0.25) is 0 Å². The molecule has 1 aliphatic rings. The van der Waals surface area contributed by atoms with Crippen molar-refractivity contribution in [2.75, 3.05) is 31.6 Å². The van der Waals surface area contributed by atoms with Crippen molar-refractivity contribution in [1.29, 1.82) is 0 Å². The first kappa shape index (κ1) is 18.5. The average molecular weight is 378 g/mol. The Labute approximate surface area is 165 Å². The molecule has 0 amide bonds. The van der Waals surface area contributed by atoms with E-state index in [4.69, 9.17) is 4.74 Å². The number of pyridine rings is 1. The van der Waals surface area contributed by atoms with Gasteiger partial charge < -0.3 is 9.64 Å². The lowest BCUT2D eigenvalue weighted by molar-refractivity contribution is 0.139. The van der Waals surface area contributed by atoms with Crippen molar-refractivity contribution in [3.63, 3.8) is 0 Å². The van der Waals surface area contributed by atoms with Gasteiger partial charge in [-0.3, -0.25) is 14.1 Å². The van der Waals surface area contributed by atoms with Crippen LogP contribution in [0, 0.1) is 6.92 Å². The van der Waals surface area contributed by atoms with E-state index in [0.717, 1.165) is 42.3 Å². The number of nitrogens with zero attached hydrogens (tertiary/aromatic N) is 4. The summed E-state index contributed by atoms with van der Waals surface area (Å²) in [6.45, 7) is 7.33. The van der Waals surface area contributed by atoms with Gasteiger partial charge in [0.25, 0.3) is 5.56 Å². The zero-order valence-electron chi connectivity index (χ0n) is 16.6. The minimum atomic E-state index is -0.0478. The third-order valence-corrected chi connectivity index (χ3v) is 5.13. The molecule has 0 saturated carbocycles. The van der Waals surface area contributed by atoms with Gasteiger partial charge in [-0.1, -0.05) is 12.1 Å². The summed E-state index contributed by atoms with van der Waals surface area (Å²) in [5.41, 5.74) is 3.67. The van der Waals surface area contributed by atoms with Crippen LogP contribution in [0.25, 0.3) is 5.65 Å². The third-order valence-electron chi connectivity index (χ3n) is 5.13. The summed E-state index contributed by atoms with van der Waals surface area (Å²) >= 11 is 0. The Bertz CT molecular complexity index is 1050. The Balaban J connectivity index is 1.48. The predicted molar refractivity (Wildman–Crippen MR) is 111 cm³/mol. The highest BCUT2D eigenvalue weighted by Gasteiger charge is 2.25. The Hall–Kier alpha value is -2.86. The van der Waals surface area contributed by atoms with Crippen LogP contribution in [0.15, 0.2) is 53.5 Å². The van der Waals surface area contributed by atoms with E-state index in [-0.39, 0.29) is 11.7 Å². The number of aromatic nitrogens is 2. The second kappa shape index (κ2) is 7.64. The number of para-hydroxylation sites is 2. The molecule has 0 fully saturated rings. The first-order valence-electron chi connectivity index (χ1n) is 9.71. The van der Waals surface area contributed by atoms with Gasteiger partial charge in [0.05, 0.1) is 17.9 Å². The zero-order chi connectivity index (χ0) is 19.7. The van der Waals surface area contributed by atoms with E-state index < -0.39 is 0 Å². The molecule has 3 aromatic rings. The van der Waals surface area contributed by atoms with Gasteiger partial charge >= 0.3 is 0 Å². The average Bonchev–Trinajstić information content (AvgIpc) is 2.66. The molecule has 0 radical (unpaired) electrons. The maximum Gasteiger partial charge on any atom is 0.258 e. The molecule has 4 rings (SSSR count). The minimum absolute atomic E-state index is 0.0478. The number of benzene rings is 1. The fourth-order valence-electron chi connectivity index (χ4n) is 3.80. The maximum absolute atomic E-state index is 12.4. The van der Waals surface area contributed by atoms with Gasteiger partial charge in [-0.25, -0.2) is 4.98 Å². The molecule has 1 aromatic carbocycles. The van der Waals surface area contributed by atoms with Crippen LogP contribution in [0.5, 0.6) is 5.75 Å². The molecule has 2 aromatic heterocycles. The molecular formula is C22H26N4O2. The van der Waals surface area contributed by atoms with E-state index in [0.29, 0.717) is 12.2 Å². The molecule has 1 aliphatic heterocycles. The molecule has 1 unspecified atom stereocenters. The number of fused-ring (bicyclic) bond motifs is 2. The summed E-state index contributed by atoms with van der Waals surface area (Å²) in [6, 6.07) is 13.7. The van der Waals surface area contributed by atoms with Gasteiger partial charge in [0.15, 0.2) is 0 Å². The van der Waals surface area contributed by atoms with Crippen LogP contribution in [0.1, 0.15) is 18.2 Å². The van der Waals surface area contributed by atoms with Gasteiger partial charge in [-0.2, -0.15) is 0 Å². The SMILES string of the molecule is CCN1CC(CN(C)Cc2cc(=O)n3ccc(C)cc3n2)Oc2ccccc21. The number of ether oxygens (including phenoxy) is 1. The van der Waals surface area contributed by atoms with Crippen LogP contribution in [0.4, 0.5) is 5.69 Å². The van der Waals surface area contributed by atoms with Crippen molar-refractivity contribution in [1.82, 2.24) is 14.3 Å². The van der Waals surface area contributed by atoms with Crippen molar-refractivity contribution < 1.29 is 4.74 Å². The number of hydrogen-bond acceptors (Lipinski definition) is 5. The molecule has 0 bridgehead atoms. The molecule has 0 aliphatic carbocycles. The van der Waals surface area contributed by atoms with Crippen LogP contribution in [-0.4, -0.2) is 47.1 Å². The number of hydrogen-bond donors (Lipinski definition) is 0. The van der Waals surface area contributed by atoms with Gasteiger partial charge in [-0.15, -0.1) is 0 Å². The summed E-state index contributed by atoms with van der Waals surface area (Å²) in [7, 11) is 2.04. The van der Waals surface area contributed by atoms with E-state index in [2.05, 4.69) is 27.8 Å². The lowest BCUT2D eigenvalue weighted by Gasteiger charge is -2.37. The first-order chi connectivity index (χ1) is 13.5. The summed E-state index contributed by atoms with van der Waals surface area (Å²) in [4.78, 5) is 21.6. The molecule has 146 valence electrons. The molecule has 28 heavy (non-hydrogen) atoms. The lowest BCUT2D eigenvalue weighted by Crippen LogP contribution is -2.45. The monoisotopic (exact) mass is 378 g/mol. The first-order valence-corrected chi connectivity index (χ1v) is 9.71. The van der Waals surface area contributed by atoms with E-state index >= 15 is 0 Å². The van der Waals surface area contributed by atoms with Gasteiger partial charge in [-0.05, 0) is 50.7 Å². The fourth-order valence-corrected chi connectivity index (χ4v) is 3.80. The van der Waals surface area contributed by atoms with Crippen molar-refractivity contribution in [2.24, 2.45) is 0 Å². The van der Waals surface area contributed by atoms with Gasteiger partial charge in [0.1, 0.15) is 17.5 Å². The summed E-state index contributed by atoms with van der Waals surface area (Å²) in [6.07, 6.45) is 1.85. The topological polar surface area (TPSA) is 50.1 Å². The van der Waals surface area contributed by atoms with Crippen LogP contribution in [-0.2, 0) is 6.54 Å². The van der Waals surface area contributed by atoms with Crippen molar-refractivity contribution in [3.8, 4) is 5.75 Å². The number of likely N-dealkylation sites (N-methyl/N-ethyl adjacent to an activating group) is 2. The highest BCUT2D eigenvalue weighted by molar-refractivity contribution is 5.60. The second-order valence-corrected chi connectivity index (χ2v) is 7.46. The Morgan fingerprint density at radius 1 is 1.25 bits per heavy atom. The van der Waals surface area contributed by atoms with Crippen LogP contribution >= 0.6 is 0 Å². The summed E-state index contributed by atoms with van der Waals surface area (Å²) < 4.78 is 7.79. The van der Waals surface area contributed by atoms with Crippen LogP contribution < -0.4 is 15.2 Å². The predicted octanol–water partition coefficient (Wildman–Crippen LogP) is 2.72. The summed E-state index contributed by atoms with van der Waals surface area (Å²) in [5, 5.41) is 0. The number of anilines is 1. The molecule has 6 nitrogen and oxygen atoms in total. The van der Waals surface area contributed by atoms with Crippen LogP contribution in [0.3, 0.4) is 0 Å². The van der Waals surface area contributed by atoms with E-state index in [1.54, 1.807) is 16.7 Å². The highest BCUT2D eigenvalue weighted by Crippen LogP contribution is 2.32. The maximum atomic E-state index is 12.4. The molecule has 0 spiro atoms. The third kappa shape index (κ3) is 3.73. The highest BCUT2D eigenvalue weighted by atomic mass is 16.5. The smallest absolute Gasteiger partial charge is 0.258 e. The Morgan fingerprint density at radius 2 is 2.07 bits per heavy atom. The van der Waals surface area contributed by atoms with Crippen molar-refractivity contribution >= 4 is 11.3 Å². The van der Waals surface area contributed by atoms with Crippen molar-refractivity contribution in [2.45, 2.75) is 26.5 Å². The molecular weight excluding hydrogens is 352 g/mol. The van der Waals surface area contributed by atoms with Crippen molar-refractivity contribution in [3.05, 3.63) is 70.3 Å². The van der Waals surface area contributed by atoms with E-state index in [1.165, 1.54) is 0 Å². The molecule has 3 heterocycles. The number of aryl methyl sites for hydroxylation is 1. The van der Waals surface area contributed by atoms with Gasteiger partial charge in [0.2, 0.25) is 0 Å². The normalized spacial score (nSPS) is 16.3. The number of rotatable bonds is 5. The molecule has 6 heteroatoms. The summed E-state index contributed by atoms with van der Waals surface area (Å²) in [5.74, 6) is 0.937. The Morgan fingerprint density at radius 3 is 2.89 bits per heavy atom. The van der Waals surface area contributed by atoms with E-state index in [9.17, 15) is 4.79 Å². The fraction of sp³-hybridized carbons (Fsp3) is 0.364. The minimum Gasteiger partial charge on any atom is -0.485 e. The van der Waals surface area contributed by atoms with E-state index in [1.807, 2.05) is 44.3 Å². The largest absolute Gasteiger partial charge is 0.485 e. The second-order valence-electron chi connectivity index (χ2n) is 7.46. The zero-order valence-corrected chi connectivity index (χ0v) is 16.6. The van der Waals surface area contributed by atoms with Gasteiger partial charge in [0, 0.05) is 31.9 Å².